The van der Waals surface area contributed by atoms with E-state index in [0.717, 1.165) is 27.1 Å². The summed E-state index contributed by atoms with van der Waals surface area (Å²) >= 11 is 0. The molecule has 190 valence electrons. The Hall–Kier alpha value is -5.43. The monoisotopic (exact) mass is 513 g/mol. The van der Waals surface area contributed by atoms with Crippen LogP contribution < -0.4 is 20.2 Å². The number of ether oxygens (including phenoxy) is 2. The highest BCUT2D eigenvalue weighted by molar-refractivity contribution is 6.13. The van der Waals surface area contributed by atoms with Crippen LogP contribution >= 0.6 is 0 Å². The zero-order chi connectivity index (χ0) is 26.6. The van der Waals surface area contributed by atoms with E-state index in [2.05, 4.69) is 21.9 Å². The number of hydrazone groups is 1. The highest BCUT2D eigenvalue weighted by atomic mass is 16.7. The van der Waals surface area contributed by atoms with Crippen LogP contribution in [0.5, 0.6) is 11.5 Å². The molecule has 0 spiro atoms. The Morgan fingerprint density at radius 3 is 2.15 bits per heavy atom. The molecule has 1 aliphatic rings. The lowest BCUT2D eigenvalue weighted by atomic mass is 9.97. The molecule has 5 aromatic carbocycles. The summed E-state index contributed by atoms with van der Waals surface area (Å²) in [6.45, 7) is 0.137. The van der Waals surface area contributed by atoms with Gasteiger partial charge in [-0.15, -0.1) is 0 Å². The van der Waals surface area contributed by atoms with Gasteiger partial charge in [0.15, 0.2) is 11.5 Å². The fraction of sp³-hybridized carbons (Fsp3) is 0.0312. The quantitative estimate of drug-likeness (QED) is 0.133. The number of hydrogen-bond acceptors (Lipinski definition) is 5. The molecule has 1 aliphatic heterocycles. The third-order valence-electron chi connectivity index (χ3n) is 6.41. The zero-order valence-electron chi connectivity index (χ0n) is 20.8. The SMILES string of the molecule is O=C(N/N=C\c1c2ccccc2cc2ccccc12)/C(=C\c1ccc2c(c1)OCO2)NC(=O)c1ccccc1. The molecule has 39 heavy (non-hydrogen) atoms. The smallest absolute Gasteiger partial charge is 0.287 e. The number of benzene rings is 5. The van der Waals surface area contributed by atoms with Crippen molar-refractivity contribution in [2.45, 2.75) is 0 Å². The summed E-state index contributed by atoms with van der Waals surface area (Å²) < 4.78 is 10.8. The maximum atomic E-state index is 13.3. The molecule has 0 fully saturated rings. The van der Waals surface area contributed by atoms with Gasteiger partial charge in [-0.2, -0.15) is 5.10 Å². The van der Waals surface area contributed by atoms with Gasteiger partial charge in [0.25, 0.3) is 11.8 Å². The highest BCUT2D eigenvalue weighted by Gasteiger charge is 2.17. The molecular weight excluding hydrogens is 490 g/mol. The normalized spacial score (nSPS) is 12.7. The first kappa shape index (κ1) is 23.9. The Morgan fingerprint density at radius 1 is 0.744 bits per heavy atom. The van der Waals surface area contributed by atoms with Crippen molar-refractivity contribution in [3.05, 3.63) is 126 Å². The number of carbonyl (C=O) groups is 2. The van der Waals surface area contributed by atoms with Gasteiger partial charge in [0.2, 0.25) is 6.79 Å². The summed E-state index contributed by atoms with van der Waals surface area (Å²) in [5.74, 6) is 0.205. The van der Waals surface area contributed by atoms with Crippen LogP contribution in [-0.2, 0) is 4.79 Å². The first-order valence-electron chi connectivity index (χ1n) is 12.4. The lowest BCUT2D eigenvalue weighted by Gasteiger charge is -2.10. The topological polar surface area (TPSA) is 89.0 Å². The first-order valence-corrected chi connectivity index (χ1v) is 12.4. The number of nitrogens with zero attached hydrogens (tertiary/aromatic N) is 1. The van der Waals surface area contributed by atoms with E-state index in [1.54, 1.807) is 54.8 Å². The van der Waals surface area contributed by atoms with Crippen molar-refractivity contribution < 1.29 is 19.1 Å². The second kappa shape index (κ2) is 10.5. The minimum Gasteiger partial charge on any atom is -0.454 e. The number of hydrogen-bond donors (Lipinski definition) is 2. The highest BCUT2D eigenvalue weighted by Crippen LogP contribution is 2.33. The average Bonchev–Trinajstić information content (AvgIpc) is 3.45. The van der Waals surface area contributed by atoms with Crippen LogP contribution in [0.25, 0.3) is 27.6 Å². The minimum absolute atomic E-state index is 0.0302. The Kier molecular flexibility index (Phi) is 6.45. The predicted molar refractivity (Wildman–Crippen MR) is 152 cm³/mol. The van der Waals surface area contributed by atoms with Crippen molar-refractivity contribution in [2.75, 3.05) is 6.79 Å². The molecular formula is C32H23N3O4. The van der Waals surface area contributed by atoms with Gasteiger partial charge < -0.3 is 14.8 Å². The van der Waals surface area contributed by atoms with Crippen molar-refractivity contribution in [1.82, 2.24) is 10.7 Å². The van der Waals surface area contributed by atoms with Gasteiger partial charge in [-0.05, 0) is 63.5 Å². The van der Waals surface area contributed by atoms with E-state index in [1.165, 1.54) is 0 Å². The van der Waals surface area contributed by atoms with E-state index in [4.69, 9.17) is 9.47 Å². The summed E-state index contributed by atoms with van der Waals surface area (Å²) in [5, 5.41) is 11.2. The molecule has 2 amide bonds. The minimum atomic E-state index is -0.572. The Balaban J connectivity index is 1.31. The zero-order valence-corrected chi connectivity index (χ0v) is 20.8. The van der Waals surface area contributed by atoms with E-state index in [1.807, 2.05) is 54.6 Å². The average molecular weight is 514 g/mol. The van der Waals surface area contributed by atoms with E-state index >= 15 is 0 Å². The fourth-order valence-corrected chi connectivity index (χ4v) is 4.52. The van der Waals surface area contributed by atoms with Crippen LogP contribution in [0, 0.1) is 0 Å². The molecule has 0 radical (unpaired) electrons. The van der Waals surface area contributed by atoms with Crippen molar-refractivity contribution in [2.24, 2.45) is 5.10 Å². The van der Waals surface area contributed by atoms with Crippen LogP contribution in [0.2, 0.25) is 0 Å². The summed E-state index contributed by atoms with van der Waals surface area (Å²) in [4.78, 5) is 26.2. The van der Waals surface area contributed by atoms with Gasteiger partial charge >= 0.3 is 0 Å². The molecule has 5 aromatic rings. The number of nitrogens with one attached hydrogen (secondary N) is 2. The van der Waals surface area contributed by atoms with Gasteiger partial charge in [0.1, 0.15) is 5.70 Å². The molecule has 0 atom stereocenters. The van der Waals surface area contributed by atoms with Gasteiger partial charge in [0.05, 0.1) is 6.21 Å². The fourth-order valence-electron chi connectivity index (χ4n) is 4.52. The number of rotatable bonds is 6. The third kappa shape index (κ3) is 5.06. The molecule has 0 aliphatic carbocycles. The molecule has 6 rings (SSSR count). The standard InChI is InChI=1S/C32H23N3O4/c36-31(22-8-2-1-3-9-22)34-28(16-21-14-15-29-30(17-21)39-20-38-29)32(37)35-33-19-27-25-12-6-4-10-23(25)18-24-11-5-7-13-26(24)27/h1-19H,20H2,(H,34,36)(H,35,37)/b28-16+,33-19-. The van der Waals surface area contributed by atoms with Crippen LogP contribution in [0.1, 0.15) is 21.5 Å². The summed E-state index contributed by atoms with van der Waals surface area (Å²) in [6.07, 6.45) is 3.21. The molecule has 2 N–H and O–H groups in total. The van der Waals surface area contributed by atoms with E-state index in [9.17, 15) is 9.59 Å². The van der Waals surface area contributed by atoms with Crippen molar-refractivity contribution >= 4 is 45.6 Å². The molecule has 0 saturated heterocycles. The van der Waals surface area contributed by atoms with Crippen LogP contribution in [0.4, 0.5) is 0 Å². The maximum Gasteiger partial charge on any atom is 0.287 e. The molecule has 1 heterocycles. The van der Waals surface area contributed by atoms with Crippen molar-refractivity contribution in [3.8, 4) is 11.5 Å². The first-order chi connectivity index (χ1) is 19.2. The van der Waals surface area contributed by atoms with Gasteiger partial charge in [0, 0.05) is 11.1 Å². The predicted octanol–water partition coefficient (Wildman–Crippen LogP) is 5.64. The molecule has 0 aromatic heterocycles. The van der Waals surface area contributed by atoms with E-state index in [-0.39, 0.29) is 12.5 Å². The summed E-state index contributed by atoms with van der Waals surface area (Å²) in [7, 11) is 0. The number of carbonyl (C=O) groups excluding carboxylic acids is 2. The number of fused-ring (bicyclic) bond motifs is 3. The van der Waals surface area contributed by atoms with Gasteiger partial charge in [-0.25, -0.2) is 5.43 Å². The second-order valence-electron chi connectivity index (χ2n) is 8.92. The third-order valence-corrected chi connectivity index (χ3v) is 6.41. The maximum absolute atomic E-state index is 13.3. The Morgan fingerprint density at radius 2 is 1.41 bits per heavy atom. The lowest BCUT2D eigenvalue weighted by Crippen LogP contribution is -2.32. The van der Waals surface area contributed by atoms with Crippen molar-refractivity contribution in [1.29, 1.82) is 0 Å². The van der Waals surface area contributed by atoms with E-state index < -0.39 is 11.8 Å². The van der Waals surface area contributed by atoms with Gasteiger partial charge in [-0.1, -0.05) is 72.8 Å². The van der Waals surface area contributed by atoms with E-state index in [0.29, 0.717) is 22.6 Å². The largest absolute Gasteiger partial charge is 0.454 e. The van der Waals surface area contributed by atoms with Crippen LogP contribution in [0.3, 0.4) is 0 Å². The molecule has 0 bridgehead atoms. The van der Waals surface area contributed by atoms with Crippen LogP contribution in [-0.4, -0.2) is 24.8 Å². The Bertz CT molecular complexity index is 1720. The summed E-state index contributed by atoms with van der Waals surface area (Å²) in [6, 6.07) is 32.2. The molecule has 7 nitrogen and oxygen atoms in total. The molecule has 0 unspecified atom stereocenters. The second-order valence-corrected chi connectivity index (χ2v) is 8.92. The summed E-state index contributed by atoms with van der Waals surface area (Å²) in [5.41, 5.74) is 4.58. The number of amides is 2. The molecule has 7 heteroatoms. The van der Waals surface area contributed by atoms with Crippen LogP contribution in [0.15, 0.2) is 114 Å². The lowest BCUT2D eigenvalue weighted by molar-refractivity contribution is -0.117. The Labute approximate surface area is 224 Å². The van der Waals surface area contributed by atoms with Crippen molar-refractivity contribution in [3.63, 3.8) is 0 Å². The molecule has 0 saturated carbocycles. The van der Waals surface area contributed by atoms with Gasteiger partial charge in [-0.3, -0.25) is 9.59 Å².